The van der Waals surface area contributed by atoms with Crippen LogP contribution in [0.3, 0.4) is 0 Å². The van der Waals surface area contributed by atoms with E-state index in [-0.39, 0.29) is 0 Å². The van der Waals surface area contributed by atoms with Crippen molar-refractivity contribution < 1.29 is 4.42 Å². The fourth-order valence-electron chi connectivity index (χ4n) is 7.36. The first-order valence-electron chi connectivity index (χ1n) is 18.4. The summed E-state index contributed by atoms with van der Waals surface area (Å²) >= 11 is 0. The molecule has 0 fully saturated rings. The lowest BCUT2D eigenvalue weighted by Crippen LogP contribution is -1.97. The van der Waals surface area contributed by atoms with Gasteiger partial charge in [-0.05, 0) is 106 Å². The monoisotopic (exact) mass is 703 g/mol. The van der Waals surface area contributed by atoms with Gasteiger partial charge in [0.05, 0.1) is 17.1 Å². The predicted molar refractivity (Wildman–Crippen MR) is 225 cm³/mol. The molecule has 55 heavy (non-hydrogen) atoms. The van der Waals surface area contributed by atoms with Gasteiger partial charge in [0.2, 0.25) is 0 Å². The smallest absolute Gasteiger partial charge is 0.160 e. The molecule has 0 atom stereocenters. The summed E-state index contributed by atoms with van der Waals surface area (Å²) in [6, 6.07) is 67.4. The van der Waals surface area contributed by atoms with Gasteiger partial charge >= 0.3 is 0 Å². The Hall–Kier alpha value is -7.43. The molecule has 0 N–H and O–H groups in total. The quantitative estimate of drug-likeness (QED) is 0.166. The normalized spacial score (nSPS) is 11.3. The van der Waals surface area contributed by atoms with Crippen molar-refractivity contribution in [2.45, 2.75) is 0 Å². The Kier molecular flexibility index (Phi) is 8.12. The highest BCUT2D eigenvalue weighted by atomic mass is 16.3. The molecule has 0 amide bonds. The van der Waals surface area contributed by atoms with Crippen LogP contribution in [0.1, 0.15) is 0 Å². The van der Waals surface area contributed by atoms with E-state index in [0.717, 1.165) is 94.7 Å². The van der Waals surface area contributed by atoms with Gasteiger partial charge < -0.3 is 4.42 Å². The fraction of sp³-hybridized carbons (Fsp3) is 0. The van der Waals surface area contributed by atoms with Crippen LogP contribution in [0.25, 0.3) is 100 Å². The molecule has 0 saturated heterocycles. The van der Waals surface area contributed by atoms with Crippen molar-refractivity contribution in [3.63, 3.8) is 0 Å². The zero-order chi connectivity index (χ0) is 36.6. The standard InChI is InChI=1S/C51H33N3O/c1-4-14-34(15-5-1)38-26-40(37-23-24-50-45(32-37)44-20-10-11-22-49(44)55-50)30-42(28-38)47-33-48(54-51(53-47)36-18-8-3-9-19-36)43-29-39(35-16-6-2-7-17-35)27-41(31-43)46-21-12-13-25-52-46/h1-33H. The van der Waals surface area contributed by atoms with Crippen LogP contribution >= 0.6 is 0 Å². The molecule has 0 aliphatic rings. The highest BCUT2D eigenvalue weighted by Crippen LogP contribution is 2.38. The van der Waals surface area contributed by atoms with Crippen LogP contribution in [0.2, 0.25) is 0 Å². The maximum absolute atomic E-state index is 6.19. The molecule has 10 aromatic rings. The summed E-state index contributed by atoms with van der Waals surface area (Å²) in [5.41, 5.74) is 14.9. The van der Waals surface area contributed by atoms with Crippen LogP contribution in [-0.2, 0) is 0 Å². The van der Waals surface area contributed by atoms with Gasteiger partial charge in [0.1, 0.15) is 11.2 Å². The van der Waals surface area contributed by atoms with Crippen LogP contribution < -0.4 is 0 Å². The van der Waals surface area contributed by atoms with Gasteiger partial charge in [-0.15, -0.1) is 0 Å². The number of pyridine rings is 1. The van der Waals surface area contributed by atoms with E-state index in [1.807, 2.05) is 54.7 Å². The summed E-state index contributed by atoms with van der Waals surface area (Å²) in [5.74, 6) is 0.663. The van der Waals surface area contributed by atoms with E-state index in [1.54, 1.807) is 0 Å². The van der Waals surface area contributed by atoms with Gasteiger partial charge in [0.25, 0.3) is 0 Å². The van der Waals surface area contributed by atoms with Crippen molar-refractivity contribution in [3.8, 4) is 78.5 Å². The molecular formula is C51H33N3O. The van der Waals surface area contributed by atoms with Gasteiger partial charge in [0.15, 0.2) is 5.82 Å². The number of nitrogens with zero attached hydrogens (tertiary/aromatic N) is 3. The van der Waals surface area contributed by atoms with Gasteiger partial charge in [-0.2, -0.15) is 0 Å². The Morgan fingerprint density at radius 1 is 0.291 bits per heavy atom. The zero-order valence-corrected chi connectivity index (χ0v) is 29.8. The maximum Gasteiger partial charge on any atom is 0.160 e. The van der Waals surface area contributed by atoms with Crippen LogP contribution in [0, 0.1) is 0 Å². The summed E-state index contributed by atoms with van der Waals surface area (Å²) in [7, 11) is 0. The number of furan rings is 1. The zero-order valence-electron chi connectivity index (χ0n) is 29.8. The van der Waals surface area contributed by atoms with Crippen molar-refractivity contribution in [1.82, 2.24) is 15.0 Å². The van der Waals surface area contributed by atoms with Crippen molar-refractivity contribution in [2.75, 3.05) is 0 Å². The van der Waals surface area contributed by atoms with Crippen molar-refractivity contribution in [1.29, 1.82) is 0 Å². The van der Waals surface area contributed by atoms with E-state index < -0.39 is 0 Å². The molecule has 10 rings (SSSR count). The molecule has 4 heteroatoms. The number of aromatic nitrogens is 3. The molecule has 0 bridgehead atoms. The molecule has 0 aliphatic carbocycles. The second kappa shape index (κ2) is 13.8. The topological polar surface area (TPSA) is 51.8 Å². The van der Waals surface area contributed by atoms with Gasteiger partial charge in [-0.3, -0.25) is 4.98 Å². The van der Waals surface area contributed by atoms with Crippen molar-refractivity contribution in [3.05, 3.63) is 200 Å². The predicted octanol–water partition coefficient (Wildman–Crippen LogP) is 13.4. The number of fused-ring (bicyclic) bond motifs is 3. The van der Waals surface area contributed by atoms with Crippen LogP contribution in [0.5, 0.6) is 0 Å². The fourth-order valence-corrected chi connectivity index (χ4v) is 7.36. The molecule has 0 aliphatic heterocycles. The third kappa shape index (κ3) is 6.36. The van der Waals surface area contributed by atoms with Crippen molar-refractivity contribution >= 4 is 21.9 Å². The van der Waals surface area contributed by atoms with E-state index in [1.165, 1.54) is 0 Å². The summed E-state index contributed by atoms with van der Waals surface area (Å²) in [6.07, 6.45) is 1.84. The first-order chi connectivity index (χ1) is 27.2. The molecule has 0 spiro atoms. The average molecular weight is 704 g/mol. The number of hydrogen-bond donors (Lipinski definition) is 0. The number of rotatable bonds is 7. The Morgan fingerprint density at radius 3 is 1.40 bits per heavy atom. The molecule has 3 heterocycles. The lowest BCUT2D eigenvalue weighted by atomic mass is 9.93. The molecule has 3 aromatic heterocycles. The molecule has 7 aromatic carbocycles. The van der Waals surface area contributed by atoms with Gasteiger partial charge in [-0.25, -0.2) is 9.97 Å². The van der Waals surface area contributed by atoms with Crippen LogP contribution in [-0.4, -0.2) is 15.0 Å². The minimum absolute atomic E-state index is 0.663. The van der Waals surface area contributed by atoms with Crippen molar-refractivity contribution in [2.24, 2.45) is 0 Å². The summed E-state index contributed by atoms with van der Waals surface area (Å²) in [6.45, 7) is 0. The lowest BCUT2D eigenvalue weighted by Gasteiger charge is -2.14. The molecule has 4 nitrogen and oxygen atoms in total. The Balaban J connectivity index is 1.19. The van der Waals surface area contributed by atoms with Gasteiger partial charge in [-0.1, -0.05) is 121 Å². The van der Waals surface area contributed by atoms with Crippen LogP contribution in [0.4, 0.5) is 0 Å². The number of para-hydroxylation sites is 1. The average Bonchev–Trinajstić information content (AvgIpc) is 3.65. The second-order valence-electron chi connectivity index (χ2n) is 13.7. The Labute approximate surface area is 319 Å². The van der Waals surface area contributed by atoms with E-state index in [2.05, 4.69) is 146 Å². The summed E-state index contributed by atoms with van der Waals surface area (Å²) < 4.78 is 6.19. The lowest BCUT2D eigenvalue weighted by molar-refractivity contribution is 0.669. The second-order valence-corrected chi connectivity index (χ2v) is 13.7. The highest BCUT2D eigenvalue weighted by Gasteiger charge is 2.16. The van der Waals surface area contributed by atoms with Crippen LogP contribution in [0.15, 0.2) is 205 Å². The summed E-state index contributed by atoms with van der Waals surface area (Å²) in [5, 5.41) is 2.20. The largest absolute Gasteiger partial charge is 0.456 e. The first-order valence-corrected chi connectivity index (χ1v) is 18.4. The molecule has 0 radical (unpaired) electrons. The minimum atomic E-state index is 0.663. The third-order valence-corrected chi connectivity index (χ3v) is 10.1. The van der Waals surface area contributed by atoms with E-state index >= 15 is 0 Å². The van der Waals surface area contributed by atoms with E-state index in [0.29, 0.717) is 5.82 Å². The SMILES string of the molecule is c1ccc(-c2cc(-c3ccc4oc5ccccc5c4c3)cc(-c3cc(-c4cc(-c5ccccc5)cc(-c5ccccn5)c4)nc(-c4ccccc4)n3)c2)cc1. The third-order valence-electron chi connectivity index (χ3n) is 10.1. The summed E-state index contributed by atoms with van der Waals surface area (Å²) in [4.78, 5) is 15.2. The van der Waals surface area contributed by atoms with E-state index in [4.69, 9.17) is 19.4 Å². The molecule has 258 valence electrons. The van der Waals surface area contributed by atoms with Gasteiger partial charge in [0, 0.05) is 39.2 Å². The maximum atomic E-state index is 6.19. The number of benzene rings is 7. The Bertz CT molecular complexity index is 2900. The van der Waals surface area contributed by atoms with E-state index in [9.17, 15) is 0 Å². The highest BCUT2D eigenvalue weighted by molar-refractivity contribution is 6.06. The Morgan fingerprint density at radius 2 is 0.782 bits per heavy atom. The molecule has 0 saturated carbocycles. The molecule has 0 unspecified atom stereocenters. The number of hydrogen-bond acceptors (Lipinski definition) is 4. The molecular weight excluding hydrogens is 671 g/mol. The minimum Gasteiger partial charge on any atom is -0.456 e. The first kappa shape index (κ1) is 32.2.